The lowest BCUT2D eigenvalue weighted by Crippen LogP contribution is -2.04. The van der Waals surface area contributed by atoms with Gasteiger partial charge in [-0.3, -0.25) is 4.98 Å². The van der Waals surface area contributed by atoms with Crippen LogP contribution >= 0.6 is 0 Å². The highest BCUT2D eigenvalue weighted by molar-refractivity contribution is 5.53. The first-order chi connectivity index (χ1) is 8.25. The zero-order valence-electron chi connectivity index (χ0n) is 9.89. The Morgan fingerprint density at radius 3 is 2.82 bits per heavy atom. The highest BCUT2D eigenvalue weighted by Gasteiger charge is 2.00. The predicted octanol–water partition coefficient (Wildman–Crippen LogP) is 2.59. The number of nitrogen functional groups attached to an aromatic ring is 1. The van der Waals surface area contributed by atoms with Gasteiger partial charge in [0.2, 0.25) is 0 Å². The van der Waals surface area contributed by atoms with Crippen molar-refractivity contribution >= 4 is 5.69 Å². The number of aryl methyl sites for hydroxylation is 1. The van der Waals surface area contributed by atoms with Crippen molar-refractivity contribution in [1.29, 1.82) is 0 Å². The predicted molar refractivity (Wildman–Crippen MR) is 69.0 cm³/mol. The van der Waals surface area contributed by atoms with Crippen LogP contribution < -0.4 is 10.5 Å². The van der Waals surface area contributed by atoms with Crippen LogP contribution in [0.2, 0.25) is 0 Å². The minimum Gasteiger partial charge on any atom is -0.491 e. The topological polar surface area (TPSA) is 48.1 Å². The Morgan fingerprint density at radius 1 is 1.24 bits per heavy atom. The third-order valence-electron chi connectivity index (χ3n) is 2.51. The maximum absolute atomic E-state index is 5.86. The van der Waals surface area contributed by atoms with Crippen LogP contribution in [0.15, 0.2) is 42.6 Å². The van der Waals surface area contributed by atoms with Gasteiger partial charge in [0, 0.05) is 18.3 Å². The van der Waals surface area contributed by atoms with E-state index in [0.717, 1.165) is 23.4 Å². The highest BCUT2D eigenvalue weighted by atomic mass is 16.5. The normalized spacial score (nSPS) is 10.2. The summed E-state index contributed by atoms with van der Waals surface area (Å²) in [6.45, 7) is 2.60. The standard InChI is InChI=1S/C14H16N2O/c1-11-5-6-14(13(15)10-11)17-9-7-12-4-2-3-8-16-12/h2-6,8,10H,7,9,15H2,1H3. The zero-order valence-corrected chi connectivity index (χ0v) is 9.89. The summed E-state index contributed by atoms with van der Waals surface area (Å²) in [5.74, 6) is 0.742. The number of hydrogen-bond acceptors (Lipinski definition) is 3. The fraction of sp³-hybridized carbons (Fsp3) is 0.214. The van der Waals surface area contributed by atoms with E-state index < -0.39 is 0 Å². The molecular weight excluding hydrogens is 212 g/mol. The Labute approximate surface area is 101 Å². The highest BCUT2D eigenvalue weighted by Crippen LogP contribution is 2.22. The van der Waals surface area contributed by atoms with Gasteiger partial charge < -0.3 is 10.5 Å². The molecule has 2 rings (SSSR count). The van der Waals surface area contributed by atoms with E-state index in [9.17, 15) is 0 Å². The Balaban J connectivity index is 1.90. The van der Waals surface area contributed by atoms with Gasteiger partial charge in [0.1, 0.15) is 5.75 Å². The number of nitrogens with zero attached hydrogens (tertiary/aromatic N) is 1. The van der Waals surface area contributed by atoms with Crippen LogP contribution in [0.3, 0.4) is 0 Å². The van der Waals surface area contributed by atoms with E-state index >= 15 is 0 Å². The number of pyridine rings is 1. The van der Waals surface area contributed by atoms with Crippen molar-refractivity contribution in [1.82, 2.24) is 4.98 Å². The molecule has 0 saturated heterocycles. The van der Waals surface area contributed by atoms with Crippen LogP contribution in [0.4, 0.5) is 5.69 Å². The maximum Gasteiger partial charge on any atom is 0.142 e. The van der Waals surface area contributed by atoms with E-state index in [-0.39, 0.29) is 0 Å². The van der Waals surface area contributed by atoms with Gasteiger partial charge in [-0.15, -0.1) is 0 Å². The largest absolute Gasteiger partial charge is 0.491 e. The second kappa shape index (κ2) is 5.34. The number of anilines is 1. The second-order valence-electron chi connectivity index (χ2n) is 3.96. The molecule has 1 aromatic carbocycles. The summed E-state index contributed by atoms with van der Waals surface area (Å²) < 4.78 is 5.63. The molecule has 0 aliphatic rings. The molecule has 0 fully saturated rings. The molecule has 1 heterocycles. The van der Waals surface area contributed by atoms with Gasteiger partial charge in [0.15, 0.2) is 0 Å². The molecule has 2 N–H and O–H groups in total. The first-order valence-electron chi connectivity index (χ1n) is 5.64. The van der Waals surface area contributed by atoms with E-state index in [1.54, 1.807) is 6.20 Å². The third-order valence-corrected chi connectivity index (χ3v) is 2.51. The van der Waals surface area contributed by atoms with Crippen LogP contribution in [0.1, 0.15) is 11.3 Å². The van der Waals surface area contributed by atoms with Crippen LogP contribution in [0.25, 0.3) is 0 Å². The molecule has 2 aromatic rings. The molecule has 88 valence electrons. The van der Waals surface area contributed by atoms with Crippen molar-refractivity contribution in [3.05, 3.63) is 53.9 Å². The molecule has 3 heteroatoms. The van der Waals surface area contributed by atoms with Crippen molar-refractivity contribution in [2.75, 3.05) is 12.3 Å². The molecule has 0 aliphatic heterocycles. The minimum absolute atomic E-state index is 0.588. The second-order valence-corrected chi connectivity index (χ2v) is 3.96. The van der Waals surface area contributed by atoms with Gasteiger partial charge in [-0.05, 0) is 36.8 Å². The molecule has 0 atom stereocenters. The molecule has 1 aromatic heterocycles. The quantitative estimate of drug-likeness (QED) is 0.818. The molecule has 0 aliphatic carbocycles. The number of aromatic nitrogens is 1. The Hall–Kier alpha value is -2.03. The van der Waals surface area contributed by atoms with Crippen LogP contribution in [-0.4, -0.2) is 11.6 Å². The fourth-order valence-corrected chi connectivity index (χ4v) is 1.61. The average molecular weight is 228 g/mol. The fourth-order valence-electron chi connectivity index (χ4n) is 1.61. The van der Waals surface area contributed by atoms with E-state index in [2.05, 4.69) is 4.98 Å². The van der Waals surface area contributed by atoms with Gasteiger partial charge in [0.05, 0.1) is 12.3 Å². The summed E-state index contributed by atoms with van der Waals surface area (Å²) in [6, 6.07) is 11.7. The molecular formula is C14H16N2O. The van der Waals surface area contributed by atoms with Gasteiger partial charge in [-0.1, -0.05) is 12.1 Å². The summed E-state index contributed by atoms with van der Waals surface area (Å²) in [5.41, 5.74) is 8.71. The lowest BCUT2D eigenvalue weighted by molar-refractivity contribution is 0.322. The lowest BCUT2D eigenvalue weighted by atomic mass is 10.2. The van der Waals surface area contributed by atoms with Gasteiger partial charge in [-0.25, -0.2) is 0 Å². The molecule has 0 amide bonds. The Kier molecular flexibility index (Phi) is 3.60. The number of nitrogens with two attached hydrogens (primary N) is 1. The summed E-state index contributed by atoms with van der Waals surface area (Å²) >= 11 is 0. The Bertz CT molecular complexity index is 483. The number of rotatable bonds is 4. The molecule has 17 heavy (non-hydrogen) atoms. The number of benzene rings is 1. The summed E-state index contributed by atoms with van der Waals surface area (Å²) in [4.78, 5) is 4.24. The van der Waals surface area contributed by atoms with Gasteiger partial charge in [-0.2, -0.15) is 0 Å². The number of hydrogen-bond donors (Lipinski definition) is 1. The molecule has 0 radical (unpaired) electrons. The van der Waals surface area contributed by atoms with Gasteiger partial charge >= 0.3 is 0 Å². The zero-order chi connectivity index (χ0) is 12.1. The van der Waals surface area contributed by atoms with Crippen molar-refractivity contribution in [2.24, 2.45) is 0 Å². The Morgan fingerprint density at radius 2 is 2.12 bits per heavy atom. The summed E-state index contributed by atoms with van der Waals surface area (Å²) in [5, 5.41) is 0. The minimum atomic E-state index is 0.588. The lowest BCUT2D eigenvalue weighted by Gasteiger charge is -2.09. The average Bonchev–Trinajstić information content (AvgIpc) is 2.33. The van der Waals surface area contributed by atoms with Crippen LogP contribution in [-0.2, 0) is 6.42 Å². The third kappa shape index (κ3) is 3.21. The molecule has 0 unspecified atom stereocenters. The van der Waals surface area contributed by atoms with Gasteiger partial charge in [0.25, 0.3) is 0 Å². The van der Waals surface area contributed by atoms with Crippen molar-refractivity contribution in [3.8, 4) is 5.75 Å². The SMILES string of the molecule is Cc1ccc(OCCc2ccccn2)c(N)c1. The van der Waals surface area contributed by atoms with E-state index in [1.165, 1.54) is 0 Å². The van der Waals surface area contributed by atoms with Crippen molar-refractivity contribution < 1.29 is 4.74 Å². The molecule has 0 bridgehead atoms. The van der Waals surface area contributed by atoms with E-state index in [0.29, 0.717) is 12.3 Å². The molecule has 0 spiro atoms. The first-order valence-corrected chi connectivity index (χ1v) is 5.64. The summed E-state index contributed by atoms with van der Waals surface area (Å²) in [7, 11) is 0. The van der Waals surface area contributed by atoms with Crippen molar-refractivity contribution in [2.45, 2.75) is 13.3 Å². The number of ether oxygens (including phenoxy) is 1. The van der Waals surface area contributed by atoms with Crippen LogP contribution in [0, 0.1) is 6.92 Å². The van der Waals surface area contributed by atoms with Crippen LogP contribution in [0.5, 0.6) is 5.75 Å². The first kappa shape index (κ1) is 11.5. The maximum atomic E-state index is 5.86. The smallest absolute Gasteiger partial charge is 0.142 e. The monoisotopic (exact) mass is 228 g/mol. The van der Waals surface area contributed by atoms with E-state index in [4.69, 9.17) is 10.5 Å². The van der Waals surface area contributed by atoms with E-state index in [1.807, 2.05) is 43.3 Å². The summed E-state index contributed by atoms with van der Waals surface area (Å²) in [6.07, 6.45) is 2.57. The molecule has 3 nitrogen and oxygen atoms in total. The molecule has 0 saturated carbocycles. The van der Waals surface area contributed by atoms with Crippen molar-refractivity contribution in [3.63, 3.8) is 0 Å².